The van der Waals surface area contributed by atoms with E-state index in [1.807, 2.05) is 25.9 Å². The standard InChI is InChI=1S/C12H18N2O3/c1-4-11(13(2)3)12(15)9-5-7-10(8-6-9)14(16)17/h5-8,11-12,15H,4H2,1-3H3/t11-,12-/m1/s1. The number of aliphatic hydroxyl groups excluding tert-OH is 1. The summed E-state index contributed by atoms with van der Waals surface area (Å²) in [6.45, 7) is 2.00. The lowest BCUT2D eigenvalue weighted by Crippen LogP contribution is -2.33. The van der Waals surface area contributed by atoms with Crippen LogP contribution < -0.4 is 0 Å². The minimum Gasteiger partial charge on any atom is -0.387 e. The fraction of sp³-hybridized carbons (Fsp3) is 0.500. The Bertz CT molecular complexity index is 376. The third-order valence-corrected chi connectivity index (χ3v) is 2.89. The predicted molar refractivity (Wildman–Crippen MR) is 65.8 cm³/mol. The molecule has 0 saturated heterocycles. The number of aliphatic hydroxyl groups is 1. The molecule has 17 heavy (non-hydrogen) atoms. The summed E-state index contributed by atoms with van der Waals surface area (Å²) < 4.78 is 0. The SMILES string of the molecule is CC[C@H]([C@H](O)c1ccc([N+](=O)[O-])cc1)N(C)C. The number of hydrogen-bond donors (Lipinski definition) is 1. The zero-order valence-corrected chi connectivity index (χ0v) is 10.3. The van der Waals surface area contributed by atoms with Crippen LogP contribution in [0, 0.1) is 10.1 Å². The zero-order valence-electron chi connectivity index (χ0n) is 10.3. The summed E-state index contributed by atoms with van der Waals surface area (Å²) in [5.41, 5.74) is 0.745. The van der Waals surface area contributed by atoms with E-state index < -0.39 is 11.0 Å². The monoisotopic (exact) mass is 238 g/mol. The Morgan fingerprint density at radius 2 is 1.88 bits per heavy atom. The maximum absolute atomic E-state index is 10.5. The van der Waals surface area contributed by atoms with Gasteiger partial charge in [0, 0.05) is 18.2 Å². The molecule has 1 rings (SSSR count). The molecule has 1 N–H and O–H groups in total. The van der Waals surface area contributed by atoms with Crippen molar-refractivity contribution in [2.75, 3.05) is 14.1 Å². The molecule has 1 aromatic carbocycles. The summed E-state index contributed by atoms with van der Waals surface area (Å²) in [4.78, 5) is 12.0. The second kappa shape index (κ2) is 5.75. The lowest BCUT2D eigenvalue weighted by Gasteiger charge is -2.28. The minimum absolute atomic E-state index is 0.0106. The van der Waals surface area contributed by atoms with Crippen molar-refractivity contribution in [1.82, 2.24) is 4.90 Å². The highest BCUT2D eigenvalue weighted by Gasteiger charge is 2.21. The van der Waals surface area contributed by atoms with Crippen molar-refractivity contribution in [2.45, 2.75) is 25.5 Å². The summed E-state index contributed by atoms with van der Waals surface area (Å²) in [5.74, 6) is 0. The summed E-state index contributed by atoms with van der Waals surface area (Å²) in [5, 5.41) is 20.7. The Morgan fingerprint density at radius 3 is 2.24 bits per heavy atom. The van der Waals surface area contributed by atoms with Gasteiger partial charge in [0.1, 0.15) is 0 Å². The molecular weight excluding hydrogens is 220 g/mol. The van der Waals surface area contributed by atoms with Crippen molar-refractivity contribution in [3.63, 3.8) is 0 Å². The molecule has 0 saturated carbocycles. The predicted octanol–water partition coefficient (Wildman–Crippen LogP) is 1.97. The van der Waals surface area contributed by atoms with Crippen LogP contribution in [-0.4, -0.2) is 35.1 Å². The summed E-state index contributed by atoms with van der Waals surface area (Å²) >= 11 is 0. The van der Waals surface area contributed by atoms with E-state index in [1.54, 1.807) is 12.1 Å². The van der Waals surface area contributed by atoms with Crippen LogP contribution in [0.2, 0.25) is 0 Å². The molecule has 1 aromatic rings. The van der Waals surface area contributed by atoms with Crippen LogP contribution in [0.3, 0.4) is 0 Å². The van der Waals surface area contributed by atoms with Gasteiger partial charge in [0.15, 0.2) is 0 Å². The van der Waals surface area contributed by atoms with Crippen LogP contribution >= 0.6 is 0 Å². The number of benzene rings is 1. The van der Waals surface area contributed by atoms with Gasteiger partial charge in [-0.2, -0.15) is 0 Å². The van der Waals surface area contributed by atoms with Crippen LogP contribution in [-0.2, 0) is 0 Å². The Hall–Kier alpha value is -1.46. The van der Waals surface area contributed by atoms with Crippen molar-refractivity contribution >= 4 is 5.69 Å². The van der Waals surface area contributed by atoms with Gasteiger partial charge in [0.25, 0.3) is 5.69 Å². The average molecular weight is 238 g/mol. The molecule has 2 atom stereocenters. The quantitative estimate of drug-likeness (QED) is 0.629. The lowest BCUT2D eigenvalue weighted by molar-refractivity contribution is -0.384. The van der Waals surface area contributed by atoms with Crippen LogP contribution in [0.1, 0.15) is 25.0 Å². The molecule has 94 valence electrons. The molecule has 0 aliphatic carbocycles. The van der Waals surface area contributed by atoms with Crippen molar-refractivity contribution < 1.29 is 10.0 Å². The van der Waals surface area contributed by atoms with Gasteiger partial charge in [0.2, 0.25) is 0 Å². The smallest absolute Gasteiger partial charge is 0.269 e. The van der Waals surface area contributed by atoms with Gasteiger partial charge in [0.05, 0.1) is 11.0 Å². The maximum atomic E-state index is 10.5. The summed E-state index contributed by atoms with van der Waals surface area (Å²) in [7, 11) is 3.81. The molecule has 0 fully saturated rings. The Morgan fingerprint density at radius 1 is 1.35 bits per heavy atom. The maximum Gasteiger partial charge on any atom is 0.269 e. The molecule has 0 bridgehead atoms. The number of hydrogen-bond acceptors (Lipinski definition) is 4. The van der Waals surface area contributed by atoms with E-state index >= 15 is 0 Å². The van der Waals surface area contributed by atoms with E-state index in [0.29, 0.717) is 5.56 Å². The number of non-ortho nitro benzene ring substituents is 1. The molecule has 5 nitrogen and oxygen atoms in total. The van der Waals surface area contributed by atoms with Crippen molar-refractivity contribution in [3.8, 4) is 0 Å². The molecule has 0 radical (unpaired) electrons. The van der Waals surface area contributed by atoms with Gasteiger partial charge in [-0.1, -0.05) is 6.92 Å². The number of nitrogens with zero attached hydrogens (tertiary/aromatic N) is 2. The minimum atomic E-state index is -0.629. The summed E-state index contributed by atoms with van der Waals surface area (Å²) in [6.07, 6.45) is 0.182. The van der Waals surface area contributed by atoms with E-state index in [2.05, 4.69) is 0 Å². The molecular formula is C12H18N2O3. The number of likely N-dealkylation sites (N-methyl/N-ethyl adjacent to an activating group) is 1. The molecule has 0 aliphatic rings. The second-order valence-electron chi connectivity index (χ2n) is 4.23. The lowest BCUT2D eigenvalue weighted by atomic mass is 9.99. The first-order valence-corrected chi connectivity index (χ1v) is 5.56. The first kappa shape index (κ1) is 13.6. The van der Waals surface area contributed by atoms with Gasteiger partial charge in [-0.25, -0.2) is 0 Å². The highest BCUT2D eigenvalue weighted by atomic mass is 16.6. The third-order valence-electron chi connectivity index (χ3n) is 2.89. The van der Waals surface area contributed by atoms with Gasteiger partial charge in [-0.05, 0) is 38.2 Å². The van der Waals surface area contributed by atoms with Crippen LogP contribution in [0.25, 0.3) is 0 Å². The third kappa shape index (κ3) is 3.25. The fourth-order valence-electron chi connectivity index (χ4n) is 1.89. The van der Waals surface area contributed by atoms with E-state index in [1.165, 1.54) is 12.1 Å². The topological polar surface area (TPSA) is 66.6 Å². The molecule has 5 heteroatoms. The van der Waals surface area contributed by atoms with Crippen LogP contribution in [0.4, 0.5) is 5.69 Å². The van der Waals surface area contributed by atoms with Gasteiger partial charge in [-0.15, -0.1) is 0 Å². The second-order valence-corrected chi connectivity index (χ2v) is 4.23. The van der Waals surface area contributed by atoms with Crippen molar-refractivity contribution in [2.24, 2.45) is 0 Å². The average Bonchev–Trinajstić information content (AvgIpc) is 2.29. The normalized spacial score (nSPS) is 14.6. The molecule has 0 spiro atoms. The van der Waals surface area contributed by atoms with Crippen LogP contribution in [0.15, 0.2) is 24.3 Å². The van der Waals surface area contributed by atoms with E-state index in [-0.39, 0.29) is 11.7 Å². The molecule has 0 heterocycles. The van der Waals surface area contributed by atoms with Crippen molar-refractivity contribution in [3.05, 3.63) is 39.9 Å². The number of nitro benzene ring substituents is 1. The summed E-state index contributed by atoms with van der Waals surface area (Å²) in [6, 6.07) is 6.06. The molecule has 0 unspecified atom stereocenters. The highest BCUT2D eigenvalue weighted by molar-refractivity contribution is 5.34. The van der Waals surface area contributed by atoms with Crippen molar-refractivity contribution in [1.29, 1.82) is 0 Å². The fourth-order valence-corrected chi connectivity index (χ4v) is 1.89. The molecule has 0 amide bonds. The highest BCUT2D eigenvalue weighted by Crippen LogP contribution is 2.23. The van der Waals surface area contributed by atoms with Gasteiger partial charge < -0.3 is 10.0 Å². The first-order chi connectivity index (χ1) is 7.97. The van der Waals surface area contributed by atoms with E-state index in [4.69, 9.17) is 0 Å². The number of nitro groups is 1. The Labute approximate surface area is 101 Å². The molecule has 0 aliphatic heterocycles. The Balaban J connectivity index is 2.88. The number of rotatable bonds is 5. The first-order valence-electron chi connectivity index (χ1n) is 5.56. The van der Waals surface area contributed by atoms with E-state index in [9.17, 15) is 15.2 Å². The molecule has 0 aromatic heterocycles. The van der Waals surface area contributed by atoms with Gasteiger partial charge in [-0.3, -0.25) is 10.1 Å². The van der Waals surface area contributed by atoms with Gasteiger partial charge >= 0.3 is 0 Å². The van der Waals surface area contributed by atoms with Crippen LogP contribution in [0.5, 0.6) is 0 Å². The zero-order chi connectivity index (χ0) is 13.0. The Kier molecular flexibility index (Phi) is 4.60. The van der Waals surface area contributed by atoms with E-state index in [0.717, 1.165) is 6.42 Å². The largest absolute Gasteiger partial charge is 0.387 e.